The van der Waals surface area contributed by atoms with E-state index in [1.165, 1.54) is 5.56 Å². The fourth-order valence-corrected chi connectivity index (χ4v) is 3.65. The highest BCUT2D eigenvalue weighted by Crippen LogP contribution is 2.42. The Hall–Kier alpha value is -2.56. The molecule has 0 aliphatic heterocycles. The van der Waals surface area contributed by atoms with Crippen LogP contribution in [0.5, 0.6) is 11.5 Å². The number of hydrogen-bond acceptors (Lipinski definition) is 4. The molecule has 0 radical (unpaired) electrons. The summed E-state index contributed by atoms with van der Waals surface area (Å²) in [5.41, 5.74) is 5.97. The molecule has 0 saturated carbocycles. The molecule has 150 valence electrons. The van der Waals surface area contributed by atoms with E-state index in [4.69, 9.17) is 19.7 Å². The van der Waals surface area contributed by atoms with Crippen molar-refractivity contribution < 1.29 is 9.47 Å². The monoisotopic (exact) mass is 381 g/mol. The summed E-state index contributed by atoms with van der Waals surface area (Å²) in [7, 11) is 3.37. The Morgan fingerprint density at radius 3 is 1.93 bits per heavy atom. The van der Waals surface area contributed by atoms with Crippen molar-refractivity contribution in [1.82, 2.24) is 15.0 Å². The van der Waals surface area contributed by atoms with Crippen molar-refractivity contribution in [2.45, 2.75) is 59.3 Å². The van der Waals surface area contributed by atoms with Gasteiger partial charge in [0.25, 0.3) is 0 Å². The van der Waals surface area contributed by atoms with E-state index < -0.39 is 0 Å². The lowest BCUT2D eigenvalue weighted by atomic mass is 9.77. The molecule has 0 amide bonds. The summed E-state index contributed by atoms with van der Waals surface area (Å²) in [5.74, 6) is 1.59. The van der Waals surface area contributed by atoms with Crippen LogP contribution in [0.2, 0.25) is 0 Å². The van der Waals surface area contributed by atoms with E-state index >= 15 is 0 Å². The van der Waals surface area contributed by atoms with Gasteiger partial charge in [0.15, 0.2) is 0 Å². The molecule has 0 bridgehead atoms. The maximum Gasteiger partial charge on any atom is 0.150 e. The van der Waals surface area contributed by atoms with Gasteiger partial charge in [-0.25, -0.2) is 0 Å². The Morgan fingerprint density at radius 2 is 1.39 bits per heavy atom. The number of benzene rings is 2. The zero-order valence-electron chi connectivity index (χ0n) is 18.5. The first-order valence-corrected chi connectivity index (χ1v) is 9.61. The third-order valence-electron chi connectivity index (χ3n) is 5.12. The van der Waals surface area contributed by atoms with Gasteiger partial charge in [0.1, 0.15) is 28.2 Å². The average Bonchev–Trinajstić information content (AvgIpc) is 3.01. The van der Waals surface area contributed by atoms with Gasteiger partial charge in [-0.05, 0) is 41.0 Å². The topological polar surface area (TPSA) is 49.2 Å². The minimum atomic E-state index is -0.0798. The molecule has 0 fully saturated rings. The van der Waals surface area contributed by atoms with Gasteiger partial charge < -0.3 is 9.47 Å². The number of fused-ring (bicyclic) bond motifs is 1. The van der Waals surface area contributed by atoms with Crippen LogP contribution in [-0.2, 0) is 10.8 Å². The Bertz CT molecular complexity index is 1020. The van der Waals surface area contributed by atoms with Crippen LogP contribution in [0.1, 0.15) is 58.2 Å². The molecule has 0 N–H and O–H groups in total. The Balaban J connectivity index is 2.38. The van der Waals surface area contributed by atoms with Crippen LogP contribution in [0.4, 0.5) is 0 Å². The van der Waals surface area contributed by atoms with E-state index in [1.54, 1.807) is 19.0 Å². The molecule has 0 aliphatic rings. The zero-order chi connectivity index (χ0) is 20.9. The molecule has 0 saturated heterocycles. The highest BCUT2D eigenvalue weighted by molar-refractivity contribution is 5.76. The van der Waals surface area contributed by atoms with E-state index in [0.717, 1.165) is 39.3 Å². The van der Waals surface area contributed by atoms with Crippen LogP contribution in [0.3, 0.4) is 0 Å². The van der Waals surface area contributed by atoms with Crippen molar-refractivity contribution in [2.24, 2.45) is 0 Å². The predicted octanol–water partition coefficient (Wildman–Crippen LogP) is 5.34. The first-order chi connectivity index (χ1) is 13.0. The van der Waals surface area contributed by atoms with Gasteiger partial charge >= 0.3 is 0 Å². The minimum Gasteiger partial charge on any atom is -0.497 e. The number of methoxy groups -OCH3 is 2. The molecule has 0 spiro atoms. The second-order valence-corrected chi connectivity index (χ2v) is 9.32. The largest absolute Gasteiger partial charge is 0.497 e. The maximum absolute atomic E-state index is 5.92. The predicted molar refractivity (Wildman–Crippen MR) is 114 cm³/mol. The fourth-order valence-electron chi connectivity index (χ4n) is 3.65. The number of aromatic nitrogens is 3. The van der Waals surface area contributed by atoms with Crippen LogP contribution in [-0.4, -0.2) is 29.2 Å². The van der Waals surface area contributed by atoms with Crippen LogP contribution in [0.15, 0.2) is 24.3 Å². The molecule has 1 aromatic heterocycles. The van der Waals surface area contributed by atoms with E-state index in [0.29, 0.717) is 0 Å². The van der Waals surface area contributed by atoms with Crippen LogP contribution >= 0.6 is 0 Å². The molecule has 0 aliphatic carbocycles. The molecule has 3 rings (SSSR count). The second-order valence-electron chi connectivity index (χ2n) is 9.32. The van der Waals surface area contributed by atoms with Crippen LogP contribution in [0, 0.1) is 6.92 Å². The molecule has 2 aromatic carbocycles. The quantitative estimate of drug-likeness (QED) is 0.614. The van der Waals surface area contributed by atoms with Crippen LogP contribution in [0.25, 0.3) is 16.7 Å². The molecule has 1 heterocycles. The smallest absolute Gasteiger partial charge is 0.150 e. The lowest BCUT2D eigenvalue weighted by Gasteiger charge is -2.30. The van der Waals surface area contributed by atoms with E-state index in [9.17, 15) is 0 Å². The third-order valence-corrected chi connectivity index (χ3v) is 5.12. The lowest BCUT2D eigenvalue weighted by Crippen LogP contribution is -2.21. The molecule has 0 atom stereocenters. The van der Waals surface area contributed by atoms with Crippen molar-refractivity contribution in [3.63, 3.8) is 0 Å². The molecule has 5 nitrogen and oxygen atoms in total. The standard InChI is InChI=1S/C23H31N3O2/c1-14-16(22(2,3)4)13-17(23(5,6)7)21(28-9)20(14)26-24-18-11-10-15(27-8)12-19(18)25-26/h10-13H,1-9H3. The summed E-state index contributed by atoms with van der Waals surface area (Å²) >= 11 is 0. The minimum absolute atomic E-state index is 0.0130. The number of rotatable bonds is 3. The van der Waals surface area contributed by atoms with E-state index in [-0.39, 0.29) is 10.8 Å². The van der Waals surface area contributed by atoms with E-state index in [2.05, 4.69) is 54.5 Å². The highest BCUT2D eigenvalue weighted by atomic mass is 16.5. The van der Waals surface area contributed by atoms with Crippen molar-refractivity contribution in [3.05, 3.63) is 41.0 Å². The van der Waals surface area contributed by atoms with Crippen molar-refractivity contribution in [1.29, 1.82) is 0 Å². The second kappa shape index (κ2) is 6.80. The zero-order valence-corrected chi connectivity index (χ0v) is 18.5. The van der Waals surface area contributed by atoms with Gasteiger partial charge in [0.2, 0.25) is 0 Å². The average molecular weight is 382 g/mol. The van der Waals surface area contributed by atoms with Gasteiger partial charge in [0.05, 0.1) is 14.2 Å². The SMILES string of the molecule is COc1ccc2nn(-c3c(C)c(C(C)(C)C)cc(C(C)(C)C)c3OC)nc2c1. The van der Waals surface area contributed by atoms with Crippen molar-refractivity contribution >= 4 is 11.0 Å². The van der Waals surface area contributed by atoms with E-state index in [1.807, 2.05) is 18.2 Å². The summed E-state index contributed by atoms with van der Waals surface area (Å²) in [4.78, 5) is 1.71. The molecule has 3 aromatic rings. The molecule has 5 heteroatoms. The number of hydrogen-bond donors (Lipinski definition) is 0. The molecule has 28 heavy (non-hydrogen) atoms. The number of nitrogens with zero attached hydrogens (tertiary/aromatic N) is 3. The van der Waals surface area contributed by atoms with Crippen molar-refractivity contribution in [3.8, 4) is 17.2 Å². The fraction of sp³-hybridized carbons (Fsp3) is 0.478. The van der Waals surface area contributed by atoms with Crippen molar-refractivity contribution in [2.75, 3.05) is 14.2 Å². The molecular weight excluding hydrogens is 350 g/mol. The highest BCUT2D eigenvalue weighted by Gasteiger charge is 2.30. The normalized spacial score (nSPS) is 12.5. The summed E-state index contributed by atoms with van der Waals surface area (Å²) in [5, 5.41) is 9.50. The van der Waals surface area contributed by atoms with Gasteiger partial charge in [0, 0.05) is 11.6 Å². The Morgan fingerprint density at radius 1 is 0.786 bits per heavy atom. The summed E-state index contributed by atoms with van der Waals surface area (Å²) in [6.07, 6.45) is 0. The third kappa shape index (κ3) is 3.46. The maximum atomic E-state index is 5.92. The van der Waals surface area contributed by atoms with Gasteiger partial charge in [-0.1, -0.05) is 47.6 Å². The Kier molecular flexibility index (Phi) is 4.90. The molecular formula is C23H31N3O2. The van der Waals surface area contributed by atoms with Gasteiger partial charge in [-0.2, -0.15) is 0 Å². The van der Waals surface area contributed by atoms with Gasteiger partial charge in [-0.15, -0.1) is 15.0 Å². The first kappa shape index (κ1) is 20.2. The summed E-state index contributed by atoms with van der Waals surface area (Å²) in [6, 6.07) is 8.01. The van der Waals surface area contributed by atoms with Gasteiger partial charge in [-0.3, -0.25) is 0 Å². The summed E-state index contributed by atoms with van der Waals surface area (Å²) in [6.45, 7) is 15.4. The van der Waals surface area contributed by atoms with Crippen LogP contribution < -0.4 is 9.47 Å². The number of ether oxygens (including phenoxy) is 2. The lowest BCUT2D eigenvalue weighted by molar-refractivity contribution is 0.391. The molecule has 0 unspecified atom stereocenters. The Labute approximate surface area is 167 Å². The summed E-state index contributed by atoms with van der Waals surface area (Å²) < 4.78 is 11.3. The first-order valence-electron chi connectivity index (χ1n) is 9.61.